The fourth-order valence-electron chi connectivity index (χ4n) is 7.16. The van der Waals surface area contributed by atoms with Gasteiger partial charge in [-0.15, -0.1) is 0 Å². The van der Waals surface area contributed by atoms with Crippen LogP contribution < -0.4 is 18.9 Å². The molecule has 0 amide bonds. The SMILES string of the molecule is COC(=O)c1cn2c(n1)CCC2c1cn2cc(C3CC3)ccc2n1.O=C(O)c1cn2c(n1)CCC2c1cn2cc(C3CC3)ccc2n1.[Li+].[OH-]. The van der Waals surface area contributed by atoms with E-state index in [1.165, 1.54) is 43.9 Å². The largest absolute Gasteiger partial charge is 1.00 e. The zero-order valence-electron chi connectivity index (χ0n) is 27.4. The Morgan fingerprint density at radius 1 is 0.673 bits per heavy atom. The molecule has 2 atom stereocenters. The minimum Gasteiger partial charge on any atom is -0.870 e. The van der Waals surface area contributed by atoms with Crippen LogP contribution in [0.3, 0.4) is 0 Å². The second-order valence-electron chi connectivity index (χ2n) is 13.1. The Kier molecular flexibility index (Phi) is 8.46. The van der Waals surface area contributed by atoms with Crippen molar-refractivity contribution in [3.05, 3.63) is 107 Å². The number of aromatic carboxylic acids is 1. The zero-order valence-corrected chi connectivity index (χ0v) is 27.4. The topological polar surface area (TPSA) is 164 Å². The van der Waals surface area contributed by atoms with Crippen LogP contribution in [0.25, 0.3) is 11.3 Å². The number of methoxy groups -OCH3 is 1. The third kappa shape index (κ3) is 5.96. The van der Waals surface area contributed by atoms with Gasteiger partial charge in [0.05, 0.1) is 30.6 Å². The first kappa shape index (κ1) is 32.8. The fourth-order valence-corrected chi connectivity index (χ4v) is 7.16. The van der Waals surface area contributed by atoms with Crippen molar-refractivity contribution >= 4 is 23.2 Å². The van der Waals surface area contributed by atoms with Gasteiger partial charge in [-0.05, 0) is 73.6 Å². The number of fused-ring (bicyclic) bond motifs is 4. The predicted octanol–water partition coefficient (Wildman–Crippen LogP) is 2.20. The summed E-state index contributed by atoms with van der Waals surface area (Å²) in [6, 6.07) is 8.75. The molecule has 8 heterocycles. The first-order chi connectivity index (χ1) is 22.9. The van der Waals surface area contributed by atoms with Gasteiger partial charge in [0.2, 0.25) is 0 Å². The van der Waals surface area contributed by atoms with E-state index in [0.29, 0.717) is 5.69 Å². The van der Waals surface area contributed by atoms with Crippen molar-refractivity contribution in [2.75, 3.05) is 7.11 Å². The minimum absolute atomic E-state index is 0. The maximum atomic E-state index is 11.7. The average Bonchev–Trinajstić information content (AvgIpc) is 3.71. The number of carbonyl (C=O) groups is 2. The van der Waals surface area contributed by atoms with Crippen molar-refractivity contribution in [2.45, 2.75) is 75.3 Å². The van der Waals surface area contributed by atoms with E-state index in [0.717, 1.165) is 71.9 Å². The van der Waals surface area contributed by atoms with Crippen LogP contribution in [0, 0.1) is 0 Å². The van der Waals surface area contributed by atoms with Crippen molar-refractivity contribution < 1.29 is 43.8 Å². The molecule has 2 aliphatic heterocycles. The molecular formula is C35H35LiN8O5. The molecule has 0 bridgehead atoms. The Hall–Kier alpha value is -4.70. The van der Waals surface area contributed by atoms with Gasteiger partial charge in [0, 0.05) is 50.0 Å². The molecule has 246 valence electrons. The van der Waals surface area contributed by atoms with Crippen molar-refractivity contribution in [2.24, 2.45) is 0 Å². The van der Waals surface area contributed by atoms with Gasteiger partial charge in [-0.25, -0.2) is 29.5 Å². The maximum absolute atomic E-state index is 11.7. The number of ether oxygens (including phenoxy) is 1. The molecule has 13 nitrogen and oxygen atoms in total. The normalized spacial score (nSPS) is 19.0. The van der Waals surface area contributed by atoms with E-state index < -0.39 is 5.97 Å². The van der Waals surface area contributed by atoms with Crippen LogP contribution in [-0.4, -0.2) is 67.5 Å². The Morgan fingerprint density at radius 2 is 1.14 bits per heavy atom. The number of pyridine rings is 2. The molecule has 49 heavy (non-hydrogen) atoms. The van der Waals surface area contributed by atoms with Crippen LogP contribution in [0.15, 0.2) is 61.4 Å². The Morgan fingerprint density at radius 3 is 1.59 bits per heavy atom. The number of hydrogen-bond acceptors (Lipinski definition) is 8. The van der Waals surface area contributed by atoms with Gasteiger partial charge < -0.3 is 33.3 Å². The molecule has 10 rings (SSSR count). The molecule has 2 N–H and O–H groups in total. The van der Waals surface area contributed by atoms with Gasteiger partial charge in [0.25, 0.3) is 0 Å². The van der Waals surface area contributed by atoms with Gasteiger partial charge in [-0.1, -0.05) is 12.1 Å². The molecule has 2 saturated carbocycles. The first-order valence-corrected chi connectivity index (χ1v) is 16.4. The predicted molar refractivity (Wildman–Crippen MR) is 172 cm³/mol. The van der Waals surface area contributed by atoms with Crippen LogP contribution >= 0.6 is 0 Å². The van der Waals surface area contributed by atoms with Crippen LogP contribution in [0.2, 0.25) is 0 Å². The molecule has 0 radical (unpaired) electrons. The summed E-state index contributed by atoms with van der Waals surface area (Å²) in [5, 5.41) is 9.11. The van der Waals surface area contributed by atoms with E-state index >= 15 is 0 Å². The van der Waals surface area contributed by atoms with Crippen molar-refractivity contribution in [3.8, 4) is 0 Å². The van der Waals surface area contributed by atoms with Gasteiger partial charge in [0.15, 0.2) is 11.4 Å². The quantitative estimate of drug-likeness (QED) is 0.210. The van der Waals surface area contributed by atoms with Crippen molar-refractivity contribution in [3.63, 3.8) is 0 Å². The monoisotopic (exact) mass is 654 g/mol. The van der Waals surface area contributed by atoms with Crippen LogP contribution in [0.4, 0.5) is 0 Å². The van der Waals surface area contributed by atoms with Crippen molar-refractivity contribution in [1.82, 2.24) is 37.9 Å². The number of carboxylic acids is 1. The van der Waals surface area contributed by atoms with Crippen LogP contribution in [0.5, 0.6) is 0 Å². The van der Waals surface area contributed by atoms with E-state index in [-0.39, 0.29) is 48.1 Å². The molecule has 2 aliphatic carbocycles. The van der Waals surface area contributed by atoms with Crippen LogP contribution in [0.1, 0.15) is 118 Å². The summed E-state index contributed by atoms with van der Waals surface area (Å²) >= 11 is 0. The number of esters is 1. The fraction of sp³-hybridized carbons (Fsp3) is 0.371. The maximum Gasteiger partial charge on any atom is 1.00 e. The Labute approximate surface area is 293 Å². The molecule has 2 unspecified atom stereocenters. The van der Waals surface area contributed by atoms with Crippen molar-refractivity contribution in [1.29, 1.82) is 0 Å². The summed E-state index contributed by atoms with van der Waals surface area (Å²) in [5.74, 6) is 1.85. The zero-order chi connectivity index (χ0) is 31.8. The van der Waals surface area contributed by atoms with E-state index in [1.807, 2.05) is 4.57 Å². The number of aromatic nitrogens is 8. The van der Waals surface area contributed by atoms with E-state index in [2.05, 4.69) is 72.4 Å². The molecule has 6 aromatic heterocycles. The van der Waals surface area contributed by atoms with Gasteiger partial charge in [0.1, 0.15) is 22.9 Å². The number of imidazole rings is 4. The van der Waals surface area contributed by atoms with Gasteiger partial charge in [-0.3, -0.25) is 0 Å². The van der Waals surface area contributed by atoms with Gasteiger partial charge in [-0.2, -0.15) is 0 Å². The summed E-state index contributed by atoms with van der Waals surface area (Å²) < 4.78 is 13.0. The molecule has 0 saturated heterocycles. The smallest absolute Gasteiger partial charge is 0.870 e. The van der Waals surface area contributed by atoms with E-state index in [1.54, 1.807) is 12.4 Å². The molecule has 0 spiro atoms. The molecule has 2 fully saturated rings. The van der Waals surface area contributed by atoms with Gasteiger partial charge >= 0.3 is 30.8 Å². The third-order valence-corrected chi connectivity index (χ3v) is 9.95. The number of aryl methyl sites for hydroxylation is 2. The molecule has 4 aliphatic rings. The first-order valence-electron chi connectivity index (χ1n) is 16.4. The van der Waals surface area contributed by atoms with E-state index in [4.69, 9.17) is 19.8 Å². The molecule has 6 aromatic rings. The summed E-state index contributed by atoms with van der Waals surface area (Å²) in [6.07, 6.45) is 20.7. The number of nitrogens with zero attached hydrogens (tertiary/aromatic N) is 8. The Bertz CT molecular complexity index is 2210. The Balaban J connectivity index is 0.000000148. The molecule has 14 heteroatoms. The average molecular weight is 655 g/mol. The second-order valence-corrected chi connectivity index (χ2v) is 13.1. The number of carboxylic acid groups (broad SMARTS) is 1. The minimum atomic E-state index is -0.977. The van der Waals surface area contributed by atoms with Crippen LogP contribution in [-0.2, 0) is 17.6 Å². The summed E-state index contributed by atoms with van der Waals surface area (Å²) in [7, 11) is 1.38. The summed E-state index contributed by atoms with van der Waals surface area (Å²) in [5.41, 5.74) is 7.18. The summed E-state index contributed by atoms with van der Waals surface area (Å²) in [4.78, 5) is 40.9. The summed E-state index contributed by atoms with van der Waals surface area (Å²) in [6.45, 7) is 0. The second kappa shape index (κ2) is 12.6. The molecular weight excluding hydrogens is 619 g/mol. The standard InChI is InChI=1S/C18H18N4O2.C17H16N4O2.Li.H2O/c1-24-18(23)14-10-22-15(5-7-17(22)20-14)13-9-21-8-12(11-2-3-11)4-6-16(21)19-13;22-17(23)13-9-21-14(4-6-16(21)19-13)12-8-20-7-11(10-1-2-10)3-5-15(20)18-12;;/h4,6,8-11,15H,2-3,5,7H2,1H3;3,5,7-10,14H,1-2,4,6H2,(H,22,23);;1H2/q;;+1;/p-1. The number of hydrogen-bond donors (Lipinski definition) is 1. The number of carbonyl (C=O) groups excluding carboxylic acids is 1. The molecule has 0 aromatic carbocycles. The van der Waals surface area contributed by atoms with E-state index in [9.17, 15) is 9.59 Å². The number of rotatable bonds is 6. The third-order valence-electron chi connectivity index (χ3n) is 9.95.